The molecule has 3 rings (SSSR count). The zero-order valence-corrected chi connectivity index (χ0v) is 17.0. The fraction of sp³-hybridized carbons (Fsp3) is 0.238. The molecule has 31 heavy (non-hydrogen) atoms. The fourth-order valence-electron chi connectivity index (χ4n) is 2.58. The van der Waals surface area contributed by atoms with Gasteiger partial charge in [-0.25, -0.2) is 9.59 Å². The van der Waals surface area contributed by atoms with Gasteiger partial charge in [-0.3, -0.25) is 10.1 Å². The van der Waals surface area contributed by atoms with Crippen LogP contribution in [0, 0.1) is 13.8 Å². The predicted molar refractivity (Wildman–Crippen MR) is 106 cm³/mol. The number of nitrogens with zero attached hydrogens (tertiary/aromatic N) is 1. The second-order valence-corrected chi connectivity index (χ2v) is 6.51. The molecular formula is C21H21N3O7. The van der Waals surface area contributed by atoms with Gasteiger partial charge in [0.25, 0.3) is 5.91 Å². The van der Waals surface area contributed by atoms with E-state index in [1.54, 1.807) is 31.2 Å². The average Bonchev–Trinajstić information content (AvgIpc) is 3.39. The summed E-state index contributed by atoms with van der Waals surface area (Å²) in [5.41, 5.74) is 1.76. The van der Waals surface area contributed by atoms with Gasteiger partial charge in [0.15, 0.2) is 6.61 Å². The van der Waals surface area contributed by atoms with Crippen LogP contribution in [0.3, 0.4) is 0 Å². The Morgan fingerprint density at radius 1 is 1.13 bits per heavy atom. The number of esters is 1. The number of imide groups is 1. The summed E-state index contributed by atoms with van der Waals surface area (Å²) in [6, 6.07) is 8.96. The summed E-state index contributed by atoms with van der Waals surface area (Å²) in [4.78, 5) is 35.7. The minimum absolute atomic E-state index is 0.118. The summed E-state index contributed by atoms with van der Waals surface area (Å²) in [7, 11) is 0. The Balaban J connectivity index is 1.45. The molecule has 0 aliphatic rings. The topological polar surface area (TPSA) is 133 Å². The van der Waals surface area contributed by atoms with E-state index in [0.717, 1.165) is 11.3 Å². The van der Waals surface area contributed by atoms with Crippen molar-refractivity contribution in [3.8, 4) is 5.75 Å². The van der Waals surface area contributed by atoms with E-state index in [1.807, 2.05) is 6.92 Å². The Morgan fingerprint density at radius 2 is 1.97 bits per heavy atom. The summed E-state index contributed by atoms with van der Waals surface area (Å²) < 4.78 is 20.8. The van der Waals surface area contributed by atoms with Gasteiger partial charge in [-0.2, -0.15) is 0 Å². The molecule has 162 valence electrons. The number of benzene rings is 1. The lowest BCUT2D eigenvalue weighted by atomic mass is 10.2. The van der Waals surface area contributed by atoms with Gasteiger partial charge in [-0.15, -0.1) is 0 Å². The molecule has 2 heterocycles. The molecule has 0 aliphatic carbocycles. The number of hydrogen-bond donors (Lipinski definition) is 2. The van der Waals surface area contributed by atoms with Gasteiger partial charge >= 0.3 is 12.0 Å². The number of ether oxygens (including phenoxy) is 2. The third-order valence-electron chi connectivity index (χ3n) is 4.22. The van der Waals surface area contributed by atoms with Gasteiger partial charge in [0.2, 0.25) is 0 Å². The number of aryl methyl sites for hydroxylation is 2. The maximum absolute atomic E-state index is 12.2. The minimum Gasteiger partial charge on any atom is -0.489 e. The van der Waals surface area contributed by atoms with Gasteiger partial charge in [0.1, 0.15) is 23.9 Å². The molecule has 3 amide bonds. The smallest absolute Gasteiger partial charge is 0.338 e. The molecule has 2 aromatic heterocycles. The Bertz CT molecular complexity index is 1040. The fourth-order valence-corrected chi connectivity index (χ4v) is 2.58. The van der Waals surface area contributed by atoms with E-state index in [9.17, 15) is 14.4 Å². The molecule has 0 spiro atoms. The largest absolute Gasteiger partial charge is 0.489 e. The number of hydrogen-bond acceptors (Lipinski definition) is 8. The molecule has 0 fully saturated rings. The van der Waals surface area contributed by atoms with E-state index in [1.165, 1.54) is 18.4 Å². The molecule has 0 atom stereocenters. The predicted octanol–water partition coefficient (Wildman–Crippen LogP) is 2.65. The van der Waals surface area contributed by atoms with Crippen LogP contribution in [0.15, 0.2) is 51.6 Å². The normalized spacial score (nSPS) is 10.4. The quantitative estimate of drug-likeness (QED) is 0.524. The first kappa shape index (κ1) is 21.6. The number of carbonyl (C=O) groups excluding carboxylic acids is 3. The van der Waals surface area contributed by atoms with Crippen molar-refractivity contribution in [3.63, 3.8) is 0 Å². The summed E-state index contributed by atoms with van der Waals surface area (Å²) in [6.45, 7) is 3.33. The monoisotopic (exact) mass is 427 g/mol. The maximum Gasteiger partial charge on any atom is 0.338 e. The molecule has 3 aromatic rings. The Morgan fingerprint density at radius 3 is 2.68 bits per heavy atom. The number of nitrogens with one attached hydrogen (secondary N) is 2. The molecule has 10 heteroatoms. The van der Waals surface area contributed by atoms with Gasteiger partial charge in [0.05, 0.1) is 29.6 Å². The van der Waals surface area contributed by atoms with Crippen molar-refractivity contribution in [3.05, 3.63) is 71.0 Å². The summed E-state index contributed by atoms with van der Waals surface area (Å²) in [6.07, 6.45) is 1.47. The molecule has 0 unspecified atom stereocenters. The van der Waals surface area contributed by atoms with Gasteiger partial charge < -0.3 is 23.7 Å². The number of amides is 3. The van der Waals surface area contributed by atoms with Gasteiger partial charge in [-0.05, 0) is 44.2 Å². The first-order valence-electron chi connectivity index (χ1n) is 9.34. The summed E-state index contributed by atoms with van der Waals surface area (Å²) in [5, 5.41) is 8.36. The minimum atomic E-state index is -0.767. The summed E-state index contributed by atoms with van der Waals surface area (Å²) in [5.74, 6) is 0.138. The van der Waals surface area contributed by atoms with Crippen molar-refractivity contribution in [2.75, 3.05) is 6.61 Å². The second kappa shape index (κ2) is 10.1. The molecule has 0 saturated heterocycles. The molecule has 0 bridgehead atoms. The zero-order valence-electron chi connectivity index (χ0n) is 17.0. The van der Waals surface area contributed by atoms with Crippen molar-refractivity contribution < 1.29 is 32.8 Å². The molecule has 1 aromatic carbocycles. The molecule has 10 nitrogen and oxygen atoms in total. The highest BCUT2D eigenvalue weighted by Gasteiger charge is 2.14. The van der Waals surface area contributed by atoms with E-state index < -0.39 is 24.5 Å². The standard InChI is InChI=1S/C21H21N3O7/c1-13-18(14(2)31-24-13)11-29-16-6-3-5-15(9-16)20(26)30-12-19(25)23-21(27)22-10-17-7-4-8-28-17/h3-9H,10-12H2,1-2H3,(H2,22,23,25,27). The van der Waals surface area contributed by atoms with Crippen LogP contribution in [0.25, 0.3) is 0 Å². The van der Waals surface area contributed by atoms with Crippen LogP contribution in [0.4, 0.5) is 4.79 Å². The van der Waals surface area contributed by atoms with Crippen LogP contribution in [-0.4, -0.2) is 29.7 Å². The van der Waals surface area contributed by atoms with Crippen molar-refractivity contribution in [2.24, 2.45) is 0 Å². The van der Waals surface area contributed by atoms with Crippen molar-refractivity contribution in [1.29, 1.82) is 0 Å². The van der Waals surface area contributed by atoms with Crippen LogP contribution in [0.5, 0.6) is 5.75 Å². The van der Waals surface area contributed by atoms with Gasteiger partial charge in [0, 0.05) is 0 Å². The van der Waals surface area contributed by atoms with Crippen LogP contribution < -0.4 is 15.4 Å². The number of carbonyl (C=O) groups is 3. The van der Waals surface area contributed by atoms with Crippen molar-refractivity contribution in [2.45, 2.75) is 27.0 Å². The van der Waals surface area contributed by atoms with Crippen LogP contribution in [0.2, 0.25) is 0 Å². The van der Waals surface area contributed by atoms with E-state index in [-0.39, 0.29) is 18.7 Å². The molecule has 0 aliphatic heterocycles. The lowest BCUT2D eigenvalue weighted by Crippen LogP contribution is -2.41. The average molecular weight is 427 g/mol. The number of rotatable bonds is 8. The van der Waals surface area contributed by atoms with Crippen LogP contribution in [0.1, 0.15) is 33.1 Å². The highest BCUT2D eigenvalue weighted by Crippen LogP contribution is 2.19. The van der Waals surface area contributed by atoms with Crippen LogP contribution in [-0.2, 0) is 22.7 Å². The first-order valence-corrected chi connectivity index (χ1v) is 9.34. The third-order valence-corrected chi connectivity index (χ3v) is 4.22. The van der Waals surface area contributed by atoms with E-state index in [0.29, 0.717) is 17.3 Å². The van der Waals surface area contributed by atoms with Crippen molar-refractivity contribution in [1.82, 2.24) is 15.8 Å². The van der Waals surface area contributed by atoms with E-state index >= 15 is 0 Å². The highest BCUT2D eigenvalue weighted by molar-refractivity contribution is 5.97. The highest BCUT2D eigenvalue weighted by atomic mass is 16.5. The molecular weight excluding hydrogens is 406 g/mol. The maximum atomic E-state index is 12.2. The number of furan rings is 1. The van der Waals surface area contributed by atoms with E-state index in [2.05, 4.69) is 15.8 Å². The summed E-state index contributed by atoms with van der Waals surface area (Å²) >= 11 is 0. The SMILES string of the molecule is Cc1noc(C)c1COc1cccc(C(=O)OCC(=O)NC(=O)NCc2ccco2)c1. The lowest BCUT2D eigenvalue weighted by molar-refractivity contribution is -0.123. The lowest BCUT2D eigenvalue weighted by Gasteiger charge is -2.09. The van der Waals surface area contributed by atoms with Crippen LogP contribution >= 0.6 is 0 Å². The number of aromatic nitrogens is 1. The zero-order chi connectivity index (χ0) is 22.2. The van der Waals surface area contributed by atoms with Gasteiger partial charge in [-0.1, -0.05) is 11.2 Å². The second-order valence-electron chi connectivity index (χ2n) is 6.51. The van der Waals surface area contributed by atoms with Crippen molar-refractivity contribution >= 4 is 17.9 Å². The Kier molecular flexibility index (Phi) is 7.05. The Labute approximate surface area is 177 Å². The molecule has 2 N–H and O–H groups in total. The number of urea groups is 1. The third kappa shape index (κ3) is 6.20. The molecule has 0 radical (unpaired) electrons. The van der Waals surface area contributed by atoms with E-state index in [4.69, 9.17) is 18.4 Å². The first-order chi connectivity index (χ1) is 14.9. The Hall–Kier alpha value is -4.08. The molecule has 0 saturated carbocycles.